The Morgan fingerprint density at radius 3 is 2.62 bits per heavy atom. The standard InChI is InChI=1S/C22H28N2/c1-5-13-24-21-12-11-18(16-23-19-9-7-6-8-10-19)14-20(21)17(2)15-22(24,3)4/h6-12,14,16-17H,5,13,15H2,1-4H3. The summed E-state index contributed by atoms with van der Waals surface area (Å²) in [6, 6.07) is 16.9. The van der Waals surface area contributed by atoms with Crippen molar-refractivity contribution in [2.45, 2.75) is 52.0 Å². The van der Waals surface area contributed by atoms with Crippen LogP contribution in [0.4, 0.5) is 11.4 Å². The van der Waals surface area contributed by atoms with Crippen LogP contribution in [0.5, 0.6) is 0 Å². The molecule has 2 aromatic carbocycles. The molecule has 0 amide bonds. The molecule has 0 N–H and O–H groups in total. The Balaban J connectivity index is 1.93. The predicted octanol–water partition coefficient (Wildman–Crippen LogP) is 5.94. The van der Waals surface area contributed by atoms with Gasteiger partial charge in [-0.1, -0.05) is 38.1 Å². The smallest absolute Gasteiger partial charge is 0.0629 e. The maximum atomic E-state index is 4.60. The molecule has 0 bridgehead atoms. The largest absolute Gasteiger partial charge is 0.366 e. The number of hydrogen-bond donors (Lipinski definition) is 0. The fourth-order valence-electron chi connectivity index (χ4n) is 3.90. The molecule has 2 nitrogen and oxygen atoms in total. The maximum absolute atomic E-state index is 4.60. The van der Waals surface area contributed by atoms with Crippen molar-refractivity contribution in [3.05, 3.63) is 59.7 Å². The molecule has 0 spiro atoms. The number of para-hydroxylation sites is 1. The summed E-state index contributed by atoms with van der Waals surface area (Å²) in [5.41, 5.74) is 5.26. The number of anilines is 1. The minimum Gasteiger partial charge on any atom is -0.366 e. The first-order chi connectivity index (χ1) is 11.5. The van der Waals surface area contributed by atoms with E-state index in [0.717, 1.165) is 12.2 Å². The van der Waals surface area contributed by atoms with Crippen LogP contribution in [-0.4, -0.2) is 18.3 Å². The van der Waals surface area contributed by atoms with E-state index in [1.165, 1.54) is 29.7 Å². The first-order valence-corrected chi connectivity index (χ1v) is 9.02. The molecule has 0 aromatic heterocycles. The molecule has 0 saturated carbocycles. The zero-order valence-electron chi connectivity index (χ0n) is 15.3. The van der Waals surface area contributed by atoms with Crippen LogP contribution in [0.2, 0.25) is 0 Å². The summed E-state index contributed by atoms with van der Waals surface area (Å²) in [6.07, 6.45) is 4.35. The van der Waals surface area contributed by atoms with E-state index >= 15 is 0 Å². The number of benzene rings is 2. The third-order valence-corrected chi connectivity index (χ3v) is 4.98. The second kappa shape index (κ2) is 6.80. The number of hydrogen-bond acceptors (Lipinski definition) is 2. The van der Waals surface area contributed by atoms with Gasteiger partial charge < -0.3 is 4.90 Å². The average Bonchev–Trinajstić information content (AvgIpc) is 2.57. The van der Waals surface area contributed by atoms with Gasteiger partial charge in [0.2, 0.25) is 0 Å². The Morgan fingerprint density at radius 2 is 1.92 bits per heavy atom. The molecular weight excluding hydrogens is 292 g/mol. The molecule has 1 heterocycles. The van der Waals surface area contributed by atoms with Crippen LogP contribution in [0.15, 0.2) is 53.5 Å². The number of aliphatic imine (C=N–C) groups is 1. The molecule has 0 radical (unpaired) electrons. The van der Waals surface area contributed by atoms with Gasteiger partial charge in [-0.25, -0.2) is 0 Å². The number of rotatable bonds is 4. The molecular formula is C22H28N2. The van der Waals surface area contributed by atoms with Gasteiger partial charge in [-0.05, 0) is 68.0 Å². The van der Waals surface area contributed by atoms with Crippen molar-refractivity contribution in [1.82, 2.24) is 0 Å². The molecule has 1 unspecified atom stereocenters. The lowest BCUT2D eigenvalue weighted by Crippen LogP contribution is -2.48. The summed E-state index contributed by atoms with van der Waals surface area (Å²) in [4.78, 5) is 7.18. The van der Waals surface area contributed by atoms with E-state index in [1.807, 2.05) is 36.5 Å². The maximum Gasteiger partial charge on any atom is 0.0629 e. The van der Waals surface area contributed by atoms with E-state index in [4.69, 9.17) is 0 Å². The summed E-state index contributed by atoms with van der Waals surface area (Å²) in [5.74, 6) is 0.577. The molecule has 2 aromatic rings. The van der Waals surface area contributed by atoms with Crippen LogP contribution in [0, 0.1) is 0 Å². The Labute approximate surface area is 146 Å². The van der Waals surface area contributed by atoms with Crippen LogP contribution in [0.3, 0.4) is 0 Å². The number of nitrogens with zero attached hydrogens (tertiary/aromatic N) is 2. The second-order valence-electron chi connectivity index (χ2n) is 7.48. The Kier molecular flexibility index (Phi) is 4.75. The van der Waals surface area contributed by atoms with Crippen LogP contribution >= 0.6 is 0 Å². The van der Waals surface area contributed by atoms with Crippen molar-refractivity contribution in [1.29, 1.82) is 0 Å². The van der Waals surface area contributed by atoms with Gasteiger partial charge in [-0.3, -0.25) is 4.99 Å². The highest BCUT2D eigenvalue weighted by molar-refractivity contribution is 5.83. The van der Waals surface area contributed by atoms with Crippen LogP contribution < -0.4 is 4.90 Å². The van der Waals surface area contributed by atoms with Crippen molar-refractivity contribution in [2.75, 3.05) is 11.4 Å². The van der Waals surface area contributed by atoms with E-state index in [0.29, 0.717) is 5.92 Å². The van der Waals surface area contributed by atoms with E-state index in [-0.39, 0.29) is 5.54 Å². The highest BCUT2D eigenvalue weighted by atomic mass is 15.2. The lowest BCUT2D eigenvalue weighted by atomic mass is 9.79. The van der Waals surface area contributed by atoms with E-state index in [2.05, 4.69) is 55.8 Å². The SMILES string of the molecule is CCCN1c2ccc(C=Nc3ccccc3)cc2C(C)CC1(C)C. The van der Waals surface area contributed by atoms with Crippen molar-refractivity contribution < 1.29 is 0 Å². The molecule has 0 fully saturated rings. The minimum atomic E-state index is 0.224. The van der Waals surface area contributed by atoms with E-state index < -0.39 is 0 Å². The second-order valence-corrected chi connectivity index (χ2v) is 7.48. The molecule has 2 heteroatoms. The monoisotopic (exact) mass is 320 g/mol. The lowest BCUT2D eigenvalue weighted by molar-refractivity contribution is 0.376. The van der Waals surface area contributed by atoms with Gasteiger partial charge in [0.25, 0.3) is 0 Å². The highest BCUT2D eigenvalue weighted by Gasteiger charge is 2.35. The van der Waals surface area contributed by atoms with Gasteiger partial charge in [0.15, 0.2) is 0 Å². The molecule has 1 atom stereocenters. The summed E-state index contributed by atoms with van der Waals surface area (Å²) in [7, 11) is 0. The Morgan fingerprint density at radius 1 is 1.17 bits per heavy atom. The molecule has 24 heavy (non-hydrogen) atoms. The first kappa shape index (κ1) is 16.8. The van der Waals surface area contributed by atoms with Crippen molar-refractivity contribution in [2.24, 2.45) is 4.99 Å². The van der Waals surface area contributed by atoms with E-state index in [9.17, 15) is 0 Å². The lowest BCUT2D eigenvalue weighted by Gasteiger charge is -2.47. The van der Waals surface area contributed by atoms with Crippen molar-refractivity contribution >= 4 is 17.6 Å². The zero-order valence-corrected chi connectivity index (χ0v) is 15.3. The normalized spacial score (nSPS) is 19.5. The van der Waals surface area contributed by atoms with Crippen LogP contribution in [-0.2, 0) is 0 Å². The van der Waals surface area contributed by atoms with Gasteiger partial charge in [0, 0.05) is 24.0 Å². The Bertz CT molecular complexity index is 716. The van der Waals surface area contributed by atoms with Gasteiger partial charge in [-0.15, -0.1) is 0 Å². The summed E-state index contributed by atoms with van der Waals surface area (Å²) < 4.78 is 0. The number of fused-ring (bicyclic) bond motifs is 1. The molecule has 0 saturated heterocycles. The molecule has 1 aliphatic rings. The van der Waals surface area contributed by atoms with Crippen molar-refractivity contribution in [3.8, 4) is 0 Å². The summed E-state index contributed by atoms with van der Waals surface area (Å²) >= 11 is 0. The first-order valence-electron chi connectivity index (χ1n) is 9.02. The summed E-state index contributed by atoms with van der Waals surface area (Å²) in [5, 5.41) is 0. The van der Waals surface area contributed by atoms with Gasteiger partial charge >= 0.3 is 0 Å². The van der Waals surface area contributed by atoms with Gasteiger partial charge in [0.05, 0.1) is 5.69 Å². The van der Waals surface area contributed by atoms with Gasteiger partial charge in [-0.2, -0.15) is 0 Å². The minimum absolute atomic E-state index is 0.224. The highest BCUT2D eigenvalue weighted by Crippen LogP contribution is 2.43. The average molecular weight is 320 g/mol. The third kappa shape index (κ3) is 3.38. The van der Waals surface area contributed by atoms with Crippen molar-refractivity contribution in [3.63, 3.8) is 0 Å². The van der Waals surface area contributed by atoms with Crippen LogP contribution in [0.25, 0.3) is 0 Å². The molecule has 3 rings (SSSR count). The molecule has 0 aliphatic carbocycles. The fraction of sp³-hybridized carbons (Fsp3) is 0.409. The van der Waals surface area contributed by atoms with Crippen LogP contribution in [0.1, 0.15) is 57.6 Å². The third-order valence-electron chi connectivity index (χ3n) is 4.98. The molecule has 1 aliphatic heterocycles. The van der Waals surface area contributed by atoms with Gasteiger partial charge in [0.1, 0.15) is 0 Å². The molecule has 126 valence electrons. The fourth-order valence-corrected chi connectivity index (χ4v) is 3.90. The quantitative estimate of drug-likeness (QED) is 0.637. The Hall–Kier alpha value is -2.09. The predicted molar refractivity (Wildman–Crippen MR) is 105 cm³/mol. The summed E-state index contributed by atoms with van der Waals surface area (Å²) in [6.45, 7) is 10.5. The van der Waals surface area contributed by atoms with E-state index in [1.54, 1.807) is 0 Å². The zero-order chi connectivity index (χ0) is 17.2. The topological polar surface area (TPSA) is 15.6 Å².